The highest BCUT2D eigenvalue weighted by molar-refractivity contribution is 5.37. The molecule has 22 heavy (non-hydrogen) atoms. The molecule has 0 aromatic heterocycles. The van der Waals surface area contributed by atoms with E-state index in [1.165, 1.54) is 43.4 Å². The van der Waals surface area contributed by atoms with Crippen LogP contribution < -0.4 is 0 Å². The lowest BCUT2D eigenvalue weighted by Gasteiger charge is -2.36. The molecule has 0 heterocycles. The summed E-state index contributed by atoms with van der Waals surface area (Å²) in [5.41, 5.74) is 6.09. The average molecular weight is 293 g/mol. The Balaban J connectivity index is 1.77. The minimum Gasteiger partial charge on any atom is -0.296 e. The van der Waals surface area contributed by atoms with Crippen LogP contribution in [0.25, 0.3) is 0 Å². The third-order valence-electron chi connectivity index (χ3n) is 4.95. The van der Waals surface area contributed by atoms with Crippen LogP contribution in [0.4, 0.5) is 0 Å². The average Bonchev–Trinajstić information content (AvgIpc) is 2.56. The van der Waals surface area contributed by atoms with E-state index in [9.17, 15) is 0 Å². The zero-order valence-electron chi connectivity index (χ0n) is 13.9. The fourth-order valence-corrected chi connectivity index (χ4v) is 3.76. The Labute approximate surface area is 135 Å². The monoisotopic (exact) mass is 293 g/mol. The van der Waals surface area contributed by atoms with Gasteiger partial charge in [0.15, 0.2) is 0 Å². The van der Waals surface area contributed by atoms with E-state index in [0.717, 1.165) is 6.54 Å². The second kappa shape index (κ2) is 7.11. The van der Waals surface area contributed by atoms with Crippen LogP contribution in [0.1, 0.15) is 42.0 Å². The molecule has 0 bridgehead atoms. The molecule has 2 aromatic rings. The Kier molecular flexibility index (Phi) is 4.94. The van der Waals surface area contributed by atoms with Gasteiger partial charge in [0.05, 0.1) is 0 Å². The first-order valence-corrected chi connectivity index (χ1v) is 8.63. The summed E-state index contributed by atoms with van der Waals surface area (Å²) in [6.07, 6.45) is 4.97. The molecule has 0 fully saturated rings. The molecule has 3 rings (SSSR count). The molecule has 1 nitrogen and oxygen atoms in total. The lowest BCUT2D eigenvalue weighted by atomic mass is 9.85. The van der Waals surface area contributed by atoms with Crippen molar-refractivity contribution in [3.05, 3.63) is 70.8 Å². The lowest BCUT2D eigenvalue weighted by molar-refractivity contribution is 0.171. The Morgan fingerprint density at radius 1 is 1.05 bits per heavy atom. The maximum Gasteiger partial charge on any atom is 0.0236 e. The number of aryl methyl sites for hydroxylation is 2. The molecule has 0 saturated carbocycles. The van der Waals surface area contributed by atoms with Crippen molar-refractivity contribution in [3.8, 4) is 0 Å². The third-order valence-corrected chi connectivity index (χ3v) is 4.95. The van der Waals surface area contributed by atoms with E-state index in [4.69, 9.17) is 0 Å². The van der Waals surface area contributed by atoms with Crippen LogP contribution in [0.5, 0.6) is 0 Å². The Morgan fingerprint density at radius 2 is 1.86 bits per heavy atom. The highest BCUT2D eigenvalue weighted by Crippen LogP contribution is 2.28. The molecule has 0 spiro atoms. The lowest BCUT2D eigenvalue weighted by Crippen LogP contribution is -2.39. The van der Waals surface area contributed by atoms with Crippen molar-refractivity contribution in [2.75, 3.05) is 6.54 Å². The molecule has 0 N–H and O–H groups in total. The molecule has 0 amide bonds. The molecular formula is C21H27N. The van der Waals surface area contributed by atoms with Gasteiger partial charge in [-0.15, -0.1) is 0 Å². The van der Waals surface area contributed by atoms with Crippen molar-refractivity contribution in [2.24, 2.45) is 0 Å². The second-order valence-corrected chi connectivity index (χ2v) is 6.57. The molecule has 0 saturated heterocycles. The summed E-state index contributed by atoms with van der Waals surface area (Å²) in [4.78, 5) is 2.70. The molecular weight excluding hydrogens is 266 g/mol. The third kappa shape index (κ3) is 3.41. The van der Waals surface area contributed by atoms with Gasteiger partial charge < -0.3 is 0 Å². The number of hydrogen-bond donors (Lipinski definition) is 0. The zero-order valence-corrected chi connectivity index (χ0v) is 13.9. The van der Waals surface area contributed by atoms with Crippen LogP contribution in [0.2, 0.25) is 0 Å². The maximum absolute atomic E-state index is 2.70. The van der Waals surface area contributed by atoms with E-state index >= 15 is 0 Å². The van der Waals surface area contributed by atoms with Gasteiger partial charge in [-0.05, 0) is 61.4 Å². The predicted octanol–water partition coefficient (Wildman–Crippen LogP) is 4.76. The highest BCUT2D eigenvalue weighted by Gasteiger charge is 2.24. The number of benzene rings is 2. The fraction of sp³-hybridized carbons (Fsp3) is 0.429. The van der Waals surface area contributed by atoms with Crippen LogP contribution in [-0.2, 0) is 19.4 Å². The topological polar surface area (TPSA) is 3.24 Å². The quantitative estimate of drug-likeness (QED) is 0.768. The van der Waals surface area contributed by atoms with Crippen molar-refractivity contribution in [1.29, 1.82) is 0 Å². The zero-order chi connectivity index (χ0) is 15.4. The fourth-order valence-electron chi connectivity index (χ4n) is 3.76. The summed E-state index contributed by atoms with van der Waals surface area (Å²) >= 11 is 0. The van der Waals surface area contributed by atoms with E-state index in [0.29, 0.717) is 6.04 Å². The summed E-state index contributed by atoms with van der Waals surface area (Å²) in [7, 11) is 0. The van der Waals surface area contributed by atoms with Gasteiger partial charge in [0.2, 0.25) is 0 Å². The van der Waals surface area contributed by atoms with Gasteiger partial charge in [0, 0.05) is 12.6 Å². The van der Waals surface area contributed by atoms with E-state index < -0.39 is 0 Å². The number of nitrogens with zero attached hydrogens (tertiary/aromatic N) is 1. The Bertz CT molecular complexity index is 603. The van der Waals surface area contributed by atoms with Gasteiger partial charge in [-0.2, -0.15) is 0 Å². The number of hydrogen-bond acceptors (Lipinski definition) is 1. The van der Waals surface area contributed by atoms with Crippen molar-refractivity contribution < 1.29 is 0 Å². The van der Waals surface area contributed by atoms with Gasteiger partial charge in [-0.3, -0.25) is 4.90 Å². The smallest absolute Gasteiger partial charge is 0.0236 e. The summed E-state index contributed by atoms with van der Waals surface area (Å²) in [6.45, 7) is 6.84. The Hall–Kier alpha value is -1.60. The molecule has 116 valence electrons. The first kappa shape index (κ1) is 15.3. The molecule has 0 unspecified atom stereocenters. The van der Waals surface area contributed by atoms with E-state index in [1.807, 2.05) is 0 Å². The molecule has 0 aliphatic heterocycles. The summed E-state index contributed by atoms with van der Waals surface area (Å²) in [6, 6.07) is 18.4. The van der Waals surface area contributed by atoms with Crippen LogP contribution in [-0.4, -0.2) is 17.5 Å². The molecule has 1 aliphatic rings. The number of rotatable bonds is 5. The first-order chi connectivity index (χ1) is 10.8. The first-order valence-electron chi connectivity index (χ1n) is 8.63. The number of fused-ring (bicyclic) bond motifs is 1. The van der Waals surface area contributed by atoms with Crippen LogP contribution in [0.3, 0.4) is 0 Å². The molecule has 1 aliphatic carbocycles. The van der Waals surface area contributed by atoms with Gasteiger partial charge in [0.25, 0.3) is 0 Å². The maximum atomic E-state index is 2.70. The molecule has 0 radical (unpaired) electrons. The van der Waals surface area contributed by atoms with Crippen molar-refractivity contribution in [1.82, 2.24) is 4.90 Å². The summed E-state index contributed by atoms with van der Waals surface area (Å²) in [5, 5.41) is 0. The largest absolute Gasteiger partial charge is 0.296 e. The second-order valence-electron chi connectivity index (χ2n) is 6.57. The predicted molar refractivity (Wildman–Crippen MR) is 94.1 cm³/mol. The van der Waals surface area contributed by atoms with Gasteiger partial charge in [0.1, 0.15) is 0 Å². The van der Waals surface area contributed by atoms with Crippen LogP contribution in [0, 0.1) is 6.92 Å². The van der Waals surface area contributed by atoms with E-state index in [1.54, 1.807) is 11.1 Å². The molecule has 2 aromatic carbocycles. The van der Waals surface area contributed by atoms with Crippen molar-refractivity contribution >= 4 is 0 Å². The standard InChI is InChI=1S/C21H27N/c1-3-14-22(16-18-9-5-4-6-10-18)20-13-12-19-11-7-8-17(2)21(19)15-20/h4-11,20H,3,12-16H2,1-2H3/t20-/m1/s1. The molecule has 1 atom stereocenters. The van der Waals surface area contributed by atoms with Gasteiger partial charge in [-0.25, -0.2) is 0 Å². The minimum atomic E-state index is 0.689. The van der Waals surface area contributed by atoms with Crippen LogP contribution in [0.15, 0.2) is 48.5 Å². The summed E-state index contributed by atoms with van der Waals surface area (Å²) < 4.78 is 0. The SMILES string of the molecule is CCCN(Cc1ccccc1)[C@@H]1CCc2cccc(C)c2C1. The van der Waals surface area contributed by atoms with E-state index in [-0.39, 0.29) is 0 Å². The van der Waals surface area contributed by atoms with Gasteiger partial charge >= 0.3 is 0 Å². The van der Waals surface area contributed by atoms with Crippen LogP contribution >= 0.6 is 0 Å². The Morgan fingerprint density at radius 3 is 2.64 bits per heavy atom. The normalized spacial score (nSPS) is 17.5. The van der Waals surface area contributed by atoms with Crippen molar-refractivity contribution in [3.63, 3.8) is 0 Å². The summed E-state index contributed by atoms with van der Waals surface area (Å²) in [5.74, 6) is 0. The van der Waals surface area contributed by atoms with Crippen molar-refractivity contribution in [2.45, 2.75) is 52.1 Å². The van der Waals surface area contributed by atoms with E-state index in [2.05, 4.69) is 67.3 Å². The van der Waals surface area contributed by atoms with Gasteiger partial charge in [-0.1, -0.05) is 55.5 Å². The minimum absolute atomic E-state index is 0.689. The highest BCUT2D eigenvalue weighted by atomic mass is 15.1. The molecule has 1 heteroatoms.